The summed E-state index contributed by atoms with van der Waals surface area (Å²) in [5.41, 5.74) is 7.21. The second-order valence-corrected chi connectivity index (χ2v) is 10.9. The molecule has 3 aromatic heterocycles. The summed E-state index contributed by atoms with van der Waals surface area (Å²) in [7, 11) is 1.41. The summed E-state index contributed by atoms with van der Waals surface area (Å²) >= 11 is 0. The highest BCUT2D eigenvalue weighted by atomic mass is 19.4. The summed E-state index contributed by atoms with van der Waals surface area (Å²) in [6, 6.07) is 8.12. The Balaban J connectivity index is 1.43. The van der Waals surface area contributed by atoms with Crippen molar-refractivity contribution >= 4 is 29.0 Å². The number of nitrogens with one attached hydrogen (secondary N) is 1. The Kier molecular flexibility index (Phi) is 7.18. The molecular formula is C29H29F3N6O3. The van der Waals surface area contributed by atoms with Gasteiger partial charge in [-0.05, 0) is 48.9 Å². The number of aromatic nitrogens is 4. The van der Waals surface area contributed by atoms with Crippen molar-refractivity contribution in [3.05, 3.63) is 71.9 Å². The first-order chi connectivity index (χ1) is 19.4. The number of halogens is 3. The molecule has 0 bridgehead atoms. The van der Waals surface area contributed by atoms with Crippen LogP contribution in [0.25, 0.3) is 16.8 Å². The number of hydrogen-bond acceptors (Lipinski definition) is 7. The highest BCUT2D eigenvalue weighted by Crippen LogP contribution is 2.48. The molecule has 214 valence electrons. The van der Waals surface area contributed by atoms with E-state index in [2.05, 4.69) is 29.1 Å². The fourth-order valence-electron chi connectivity index (χ4n) is 5.66. The van der Waals surface area contributed by atoms with Crippen molar-refractivity contribution in [1.29, 1.82) is 0 Å². The zero-order valence-electron chi connectivity index (χ0n) is 22.7. The van der Waals surface area contributed by atoms with Gasteiger partial charge in [-0.2, -0.15) is 13.2 Å². The number of ether oxygens (including phenoxy) is 1. The molecule has 0 aliphatic heterocycles. The molecule has 1 aliphatic carbocycles. The molecule has 0 radical (unpaired) electrons. The van der Waals surface area contributed by atoms with Crippen molar-refractivity contribution in [2.75, 3.05) is 18.2 Å². The lowest BCUT2D eigenvalue weighted by atomic mass is 9.65. The summed E-state index contributed by atoms with van der Waals surface area (Å²) in [5.74, 6) is -0.0699. The van der Waals surface area contributed by atoms with Gasteiger partial charge in [-0.3, -0.25) is 14.0 Å². The number of rotatable bonds is 5. The highest BCUT2D eigenvalue weighted by Gasteiger charge is 2.43. The zero-order valence-corrected chi connectivity index (χ0v) is 22.7. The number of nitrogens with two attached hydrogens (primary N) is 1. The fourth-order valence-corrected chi connectivity index (χ4v) is 5.66. The summed E-state index contributed by atoms with van der Waals surface area (Å²) in [4.78, 5) is 38.1. The van der Waals surface area contributed by atoms with Gasteiger partial charge < -0.3 is 15.8 Å². The van der Waals surface area contributed by atoms with Gasteiger partial charge in [-0.1, -0.05) is 26.0 Å². The maximum Gasteiger partial charge on any atom is 0.416 e. The maximum absolute atomic E-state index is 13.0. The summed E-state index contributed by atoms with van der Waals surface area (Å²) in [5, 5.41) is 2.41. The van der Waals surface area contributed by atoms with Gasteiger partial charge in [0.15, 0.2) is 0 Å². The molecule has 5 rings (SSSR count). The van der Waals surface area contributed by atoms with Crippen molar-refractivity contribution < 1.29 is 27.5 Å². The molecule has 1 aliphatic rings. The molecule has 2 unspecified atom stereocenters. The molecule has 1 saturated carbocycles. The van der Waals surface area contributed by atoms with E-state index in [0.29, 0.717) is 29.0 Å². The number of amides is 1. The number of imidazole rings is 1. The molecule has 1 fully saturated rings. The van der Waals surface area contributed by atoms with Crippen LogP contribution in [0.2, 0.25) is 0 Å². The van der Waals surface area contributed by atoms with Gasteiger partial charge in [0, 0.05) is 35.6 Å². The lowest BCUT2D eigenvalue weighted by Gasteiger charge is -2.40. The van der Waals surface area contributed by atoms with Crippen LogP contribution in [0.1, 0.15) is 60.8 Å². The van der Waals surface area contributed by atoms with E-state index >= 15 is 0 Å². The number of alkyl halides is 3. The predicted molar refractivity (Wildman–Crippen MR) is 146 cm³/mol. The van der Waals surface area contributed by atoms with Crippen LogP contribution in [-0.2, 0) is 15.7 Å². The van der Waals surface area contributed by atoms with Crippen LogP contribution in [-0.4, -0.2) is 38.3 Å². The minimum atomic E-state index is -4.55. The SMILES string of the molecule is COC(=O)C1CCC(c2nc(-c3ccc(C(=O)Nc4cc(C(F)(F)F)ccn4)cc3)c3c(N)nccn23)CC1(C)C. The Bertz CT molecular complexity index is 1610. The van der Waals surface area contributed by atoms with E-state index in [4.69, 9.17) is 15.5 Å². The zero-order chi connectivity index (χ0) is 29.5. The van der Waals surface area contributed by atoms with E-state index in [9.17, 15) is 22.8 Å². The van der Waals surface area contributed by atoms with Gasteiger partial charge in [0.25, 0.3) is 5.91 Å². The van der Waals surface area contributed by atoms with Gasteiger partial charge >= 0.3 is 12.1 Å². The van der Waals surface area contributed by atoms with Gasteiger partial charge in [0.1, 0.15) is 28.7 Å². The van der Waals surface area contributed by atoms with E-state index in [1.807, 2.05) is 4.40 Å². The first kappa shape index (κ1) is 28.1. The lowest BCUT2D eigenvalue weighted by molar-refractivity contribution is -0.151. The number of hydrogen-bond donors (Lipinski definition) is 2. The second-order valence-electron chi connectivity index (χ2n) is 10.9. The topological polar surface area (TPSA) is 124 Å². The minimum absolute atomic E-state index is 0.0546. The Morgan fingerprint density at radius 3 is 2.49 bits per heavy atom. The van der Waals surface area contributed by atoms with Gasteiger partial charge in [-0.25, -0.2) is 15.0 Å². The average molecular weight is 567 g/mol. The van der Waals surface area contributed by atoms with Crippen molar-refractivity contribution in [3.8, 4) is 11.3 Å². The van der Waals surface area contributed by atoms with E-state index < -0.39 is 17.6 Å². The Morgan fingerprint density at radius 2 is 1.83 bits per heavy atom. The van der Waals surface area contributed by atoms with Gasteiger partial charge in [0.05, 0.1) is 18.6 Å². The predicted octanol–water partition coefficient (Wildman–Crippen LogP) is 5.73. The van der Waals surface area contributed by atoms with Crippen LogP contribution in [0, 0.1) is 11.3 Å². The van der Waals surface area contributed by atoms with E-state index in [1.54, 1.807) is 36.7 Å². The molecule has 1 aromatic carbocycles. The van der Waals surface area contributed by atoms with Gasteiger partial charge in [0.2, 0.25) is 0 Å². The summed E-state index contributed by atoms with van der Waals surface area (Å²) < 4.78 is 46.0. The smallest absolute Gasteiger partial charge is 0.416 e. The largest absolute Gasteiger partial charge is 0.469 e. The molecule has 4 aromatic rings. The number of carbonyl (C=O) groups excluding carboxylic acids is 2. The van der Waals surface area contributed by atoms with Crippen LogP contribution in [0.15, 0.2) is 55.0 Å². The number of fused-ring (bicyclic) bond motifs is 1. The van der Waals surface area contributed by atoms with Crippen molar-refractivity contribution in [2.45, 2.75) is 45.2 Å². The standard InChI is InChI=1S/C29H29F3N6O3/c1-28(2)15-18(8-9-20(28)27(40)41-3)25-37-22(23-24(33)35-12-13-38(23)25)16-4-6-17(7-5-16)26(39)36-21-14-19(10-11-34-21)29(30,31)32/h4-7,10-14,18,20H,8-9,15H2,1-3H3,(H2,33,35)(H,34,36,39). The monoisotopic (exact) mass is 566 g/mol. The normalized spacial score (nSPS) is 18.7. The van der Waals surface area contributed by atoms with E-state index in [1.165, 1.54) is 7.11 Å². The van der Waals surface area contributed by atoms with Crippen LogP contribution < -0.4 is 11.1 Å². The third kappa shape index (κ3) is 5.46. The third-order valence-corrected chi connectivity index (χ3v) is 7.73. The van der Waals surface area contributed by atoms with Gasteiger partial charge in [-0.15, -0.1) is 0 Å². The molecule has 41 heavy (non-hydrogen) atoms. The maximum atomic E-state index is 13.0. The van der Waals surface area contributed by atoms with E-state index in [0.717, 1.165) is 37.0 Å². The molecule has 9 nitrogen and oxygen atoms in total. The molecule has 0 saturated heterocycles. The number of nitrogens with zero attached hydrogens (tertiary/aromatic N) is 4. The van der Waals surface area contributed by atoms with Crippen molar-refractivity contribution in [3.63, 3.8) is 0 Å². The minimum Gasteiger partial charge on any atom is -0.469 e. The Morgan fingerprint density at radius 1 is 1.10 bits per heavy atom. The number of carbonyl (C=O) groups is 2. The number of pyridine rings is 1. The Hall–Kier alpha value is -4.48. The fraction of sp³-hybridized carbons (Fsp3) is 0.345. The highest BCUT2D eigenvalue weighted by molar-refractivity contribution is 6.04. The molecule has 2 atom stereocenters. The first-order valence-corrected chi connectivity index (χ1v) is 13.0. The van der Waals surface area contributed by atoms with Crippen LogP contribution in [0.4, 0.5) is 24.8 Å². The molecule has 12 heteroatoms. The molecule has 3 heterocycles. The molecule has 3 N–H and O–H groups in total. The number of nitrogen functional groups attached to an aromatic ring is 1. The average Bonchev–Trinajstić information content (AvgIpc) is 3.33. The van der Waals surface area contributed by atoms with Crippen LogP contribution in [0.5, 0.6) is 0 Å². The number of esters is 1. The number of benzene rings is 1. The Labute approximate surface area is 234 Å². The third-order valence-electron chi connectivity index (χ3n) is 7.73. The number of anilines is 2. The van der Waals surface area contributed by atoms with Crippen molar-refractivity contribution in [1.82, 2.24) is 19.4 Å². The molecule has 1 amide bonds. The van der Waals surface area contributed by atoms with Crippen LogP contribution >= 0.6 is 0 Å². The summed E-state index contributed by atoms with van der Waals surface area (Å²) in [6.07, 6.45) is 1.98. The second kappa shape index (κ2) is 10.5. The summed E-state index contributed by atoms with van der Waals surface area (Å²) in [6.45, 7) is 4.12. The quantitative estimate of drug-likeness (QED) is 0.296. The van der Waals surface area contributed by atoms with Crippen molar-refractivity contribution in [2.24, 2.45) is 11.3 Å². The van der Waals surface area contributed by atoms with Crippen LogP contribution in [0.3, 0.4) is 0 Å². The lowest BCUT2D eigenvalue weighted by Crippen LogP contribution is -2.37. The molecule has 0 spiro atoms. The number of methoxy groups -OCH3 is 1. The molecular weight excluding hydrogens is 537 g/mol. The van der Waals surface area contributed by atoms with E-state index in [-0.39, 0.29) is 34.6 Å². The first-order valence-electron chi connectivity index (χ1n) is 13.0.